The van der Waals surface area contributed by atoms with Crippen LogP contribution in [0.5, 0.6) is 5.75 Å². The SMILES string of the molecule is CCOC(=O)COc1cc2nsnc2cc1Cl. The van der Waals surface area contributed by atoms with Gasteiger partial charge in [-0.3, -0.25) is 0 Å². The molecule has 0 atom stereocenters. The molecule has 0 N–H and O–H groups in total. The number of hydrogen-bond acceptors (Lipinski definition) is 6. The maximum absolute atomic E-state index is 11.1. The van der Waals surface area contributed by atoms with Crippen LogP contribution in [0.2, 0.25) is 5.02 Å². The first-order valence-electron chi connectivity index (χ1n) is 4.91. The Balaban J connectivity index is 2.12. The van der Waals surface area contributed by atoms with E-state index >= 15 is 0 Å². The van der Waals surface area contributed by atoms with Crippen LogP contribution >= 0.6 is 23.3 Å². The summed E-state index contributed by atoms with van der Waals surface area (Å²) in [7, 11) is 0. The van der Waals surface area contributed by atoms with Crippen molar-refractivity contribution in [2.24, 2.45) is 0 Å². The number of ether oxygens (including phenoxy) is 2. The second kappa shape index (κ2) is 5.29. The summed E-state index contributed by atoms with van der Waals surface area (Å²) in [5, 5.41) is 0.398. The number of fused-ring (bicyclic) bond motifs is 1. The number of carbonyl (C=O) groups is 1. The van der Waals surface area contributed by atoms with Crippen LogP contribution in [-0.2, 0) is 9.53 Å². The zero-order valence-electron chi connectivity index (χ0n) is 8.97. The van der Waals surface area contributed by atoms with Crippen LogP contribution in [0, 0.1) is 0 Å². The Hall–Kier alpha value is -1.40. The van der Waals surface area contributed by atoms with Crippen molar-refractivity contribution < 1.29 is 14.3 Å². The zero-order valence-corrected chi connectivity index (χ0v) is 10.5. The molecule has 2 aromatic rings. The van der Waals surface area contributed by atoms with Crippen molar-refractivity contribution >= 4 is 40.3 Å². The Kier molecular flexibility index (Phi) is 3.75. The quantitative estimate of drug-likeness (QED) is 0.799. The van der Waals surface area contributed by atoms with Crippen LogP contribution in [0.3, 0.4) is 0 Å². The van der Waals surface area contributed by atoms with E-state index < -0.39 is 5.97 Å². The molecule has 7 heteroatoms. The molecule has 0 amide bonds. The van der Waals surface area contributed by atoms with Gasteiger partial charge in [-0.1, -0.05) is 11.6 Å². The molecule has 1 aromatic carbocycles. The van der Waals surface area contributed by atoms with Gasteiger partial charge >= 0.3 is 5.97 Å². The number of nitrogens with zero attached hydrogens (tertiary/aromatic N) is 2. The lowest BCUT2D eigenvalue weighted by molar-refractivity contribution is -0.145. The maximum atomic E-state index is 11.1. The fourth-order valence-electron chi connectivity index (χ4n) is 1.24. The Bertz CT molecular complexity index is 543. The van der Waals surface area contributed by atoms with Crippen molar-refractivity contribution in [2.45, 2.75) is 6.92 Å². The van der Waals surface area contributed by atoms with Crippen LogP contribution in [0.15, 0.2) is 12.1 Å². The topological polar surface area (TPSA) is 61.3 Å². The molecule has 0 bridgehead atoms. The molecule has 17 heavy (non-hydrogen) atoms. The van der Waals surface area contributed by atoms with Crippen molar-refractivity contribution in [3.63, 3.8) is 0 Å². The van der Waals surface area contributed by atoms with E-state index in [9.17, 15) is 4.79 Å². The summed E-state index contributed by atoms with van der Waals surface area (Å²) in [6, 6.07) is 3.31. The maximum Gasteiger partial charge on any atom is 0.344 e. The van der Waals surface area contributed by atoms with Gasteiger partial charge < -0.3 is 9.47 Å². The summed E-state index contributed by atoms with van der Waals surface area (Å²) in [6.07, 6.45) is 0. The second-order valence-electron chi connectivity index (χ2n) is 3.13. The first kappa shape index (κ1) is 12.1. The number of benzene rings is 1. The highest BCUT2D eigenvalue weighted by Gasteiger charge is 2.09. The number of rotatable bonds is 4. The highest BCUT2D eigenvalue weighted by atomic mass is 35.5. The Morgan fingerprint density at radius 2 is 2.12 bits per heavy atom. The molecular formula is C10H9ClN2O3S. The molecule has 0 unspecified atom stereocenters. The first-order chi connectivity index (χ1) is 8.20. The van der Waals surface area contributed by atoms with Crippen LogP contribution in [0.4, 0.5) is 0 Å². The molecule has 0 saturated carbocycles. The number of carbonyl (C=O) groups excluding carboxylic acids is 1. The van der Waals surface area contributed by atoms with Gasteiger partial charge in [0.25, 0.3) is 0 Å². The minimum absolute atomic E-state index is 0.170. The smallest absolute Gasteiger partial charge is 0.344 e. The van der Waals surface area contributed by atoms with E-state index in [1.807, 2.05) is 0 Å². The summed E-state index contributed by atoms with van der Waals surface area (Å²) >= 11 is 7.08. The summed E-state index contributed by atoms with van der Waals surface area (Å²) in [5.74, 6) is -0.0278. The minimum Gasteiger partial charge on any atom is -0.480 e. The van der Waals surface area contributed by atoms with Gasteiger partial charge in [0.1, 0.15) is 16.8 Å². The molecular weight excluding hydrogens is 264 g/mol. The van der Waals surface area contributed by atoms with Crippen molar-refractivity contribution in [3.05, 3.63) is 17.2 Å². The molecule has 0 fully saturated rings. The Morgan fingerprint density at radius 3 is 2.82 bits per heavy atom. The van der Waals surface area contributed by atoms with Crippen molar-refractivity contribution in [2.75, 3.05) is 13.2 Å². The zero-order chi connectivity index (χ0) is 12.3. The van der Waals surface area contributed by atoms with Gasteiger partial charge in [0.05, 0.1) is 23.4 Å². The van der Waals surface area contributed by atoms with Gasteiger partial charge in [-0.15, -0.1) is 0 Å². The summed E-state index contributed by atoms with van der Waals surface area (Å²) in [4.78, 5) is 11.1. The number of hydrogen-bond donors (Lipinski definition) is 0. The largest absolute Gasteiger partial charge is 0.480 e. The highest BCUT2D eigenvalue weighted by molar-refractivity contribution is 7.00. The molecule has 0 aliphatic carbocycles. The third-order valence-electron chi connectivity index (χ3n) is 1.96. The lowest BCUT2D eigenvalue weighted by Crippen LogP contribution is -2.14. The molecule has 0 radical (unpaired) electrons. The van der Waals surface area contributed by atoms with Crippen LogP contribution < -0.4 is 4.74 Å². The lowest BCUT2D eigenvalue weighted by atomic mass is 10.3. The summed E-state index contributed by atoms with van der Waals surface area (Å²) in [5.41, 5.74) is 1.40. The molecule has 5 nitrogen and oxygen atoms in total. The van der Waals surface area contributed by atoms with E-state index in [2.05, 4.69) is 8.75 Å². The number of esters is 1. The van der Waals surface area contributed by atoms with Gasteiger partial charge in [0.15, 0.2) is 6.61 Å². The van der Waals surface area contributed by atoms with Crippen molar-refractivity contribution in [3.8, 4) is 5.75 Å². The normalized spacial score (nSPS) is 10.5. The molecule has 1 heterocycles. The molecule has 90 valence electrons. The number of halogens is 1. The molecule has 2 rings (SSSR count). The van der Waals surface area contributed by atoms with Crippen molar-refractivity contribution in [1.82, 2.24) is 8.75 Å². The standard InChI is InChI=1S/C10H9ClN2O3S/c1-2-15-10(14)5-16-9-4-8-7(3-6(9)11)12-17-13-8/h3-4H,2,5H2,1H3. The molecule has 1 aromatic heterocycles. The molecule has 0 aliphatic rings. The fourth-order valence-corrected chi connectivity index (χ4v) is 1.96. The van der Waals surface area contributed by atoms with E-state index in [0.29, 0.717) is 28.4 Å². The predicted octanol–water partition coefficient (Wildman–Crippen LogP) is 2.29. The third kappa shape index (κ3) is 2.83. The van der Waals surface area contributed by atoms with E-state index in [-0.39, 0.29) is 6.61 Å². The highest BCUT2D eigenvalue weighted by Crippen LogP contribution is 2.29. The average molecular weight is 273 g/mol. The summed E-state index contributed by atoms with van der Waals surface area (Å²) in [6.45, 7) is 1.89. The van der Waals surface area contributed by atoms with Gasteiger partial charge in [-0.05, 0) is 13.0 Å². The van der Waals surface area contributed by atoms with Gasteiger partial charge in [0.2, 0.25) is 0 Å². The van der Waals surface area contributed by atoms with E-state index in [1.54, 1.807) is 19.1 Å². The van der Waals surface area contributed by atoms with Gasteiger partial charge in [0, 0.05) is 6.07 Å². The molecule has 0 aliphatic heterocycles. The Morgan fingerprint density at radius 1 is 1.41 bits per heavy atom. The number of aromatic nitrogens is 2. The first-order valence-corrected chi connectivity index (χ1v) is 6.01. The monoisotopic (exact) mass is 272 g/mol. The van der Waals surface area contributed by atoms with Crippen molar-refractivity contribution in [1.29, 1.82) is 0 Å². The Labute approximate surface area is 107 Å². The second-order valence-corrected chi connectivity index (χ2v) is 4.06. The lowest BCUT2D eigenvalue weighted by Gasteiger charge is -2.06. The van der Waals surface area contributed by atoms with Crippen LogP contribution in [0.25, 0.3) is 11.0 Å². The minimum atomic E-state index is -0.430. The van der Waals surface area contributed by atoms with Crippen LogP contribution in [0.1, 0.15) is 6.92 Å². The fraction of sp³-hybridized carbons (Fsp3) is 0.300. The van der Waals surface area contributed by atoms with E-state index in [0.717, 1.165) is 11.7 Å². The van der Waals surface area contributed by atoms with E-state index in [1.165, 1.54) is 0 Å². The summed E-state index contributed by atoms with van der Waals surface area (Å²) < 4.78 is 18.1. The van der Waals surface area contributed by atoms with E-state index in [4.69, 9.17) is 21.1 Å². The van der Waals surface area contributed by atoms with Crippen LogP contribution in [-0.4, -0.2) is 27.9 Å². The molecule has 0 saturated heterocycles. The predicted molar refractivity (Wildman–Crippen MR) is 64.6 cm³/mol. The molecule has 0 spiro atoms. The average Bonchev–Trinajstić information content (AvgIpc) is 2.73. The third-order valence-corrected chi connectivity index (χ3v) is 2.81. The van der Waals surface area contributed by atoms with Gasteiger partial charge in [-0.2, -0.15) is 8.75 Å². The van der Waals surface area contributed by atoms with Gasteiger partial charge in [-0.25, -0.2) is 4.79 Å².